The number of amides is 1. The van der Waals surface area contributed by atoms with Crippen molar-refractivity contribution in [1.82, 2.24) is 19.9 Å². The van der Waals surface area contributed by atoms with Gasteiger partial charge in [-0.25, -0.2) is 4.98 Å². The van der Waals surface area contributed by atoms with Crippen molar-refractivity contribution in [1.29, 1.82) is 0 Å². The Kier molecular flexibility index (Phi) is 9.37. The third-order valence-electron chi connectivity index (χ3n) is 5.53. The number of para-hydroxylation sites is 1. The number of aromatic nitrogens is 3. The average Bonchev–Trinajstić information content (AvgIpc) is 2.87. The molecule has 1 atom stereocenters. The summed E-state index contributed by atoms with van der Waals surface area (Å²) in [7, 11) is -2.60. The van der Waals surface area contributed by atoms with Crippen molar-refractivity contribution in [2.45, 2.75) is 32.2 Å². The predicted octanol–water partition coefficient (Wildman–Crippen LogP) is 5.05. The molecule has 11 heteroatoms. The first-order chi connectivity index (χ1) is 14.7. The van der Waals surface area contributed by atoms with E-state index in [1.54, 1.807) is 32.4 Å². The van der Waals surface area contributed by atoms with Crippen LogP contribution in [0.3, 0.4) is 0 Å². The van der Waals surface area contributed by atoms with Crippen LogP contribution in [-0.4, -0.2) is 46.9 Å². The highest BCUT2D eigenvalue weighted by Crippen LogP contribution is 2.35. The minimum Gasteiger partial charge on any atom is -0.318 e. The van der Waals surface area contributed by atoms with E-state index >= 15 is 0 Å². The van der Waals surface area contributed by atoms with Gasteiger partial charge in [0.25, 0.3) is 5.91 Å². The summed E-state index contributed by atoms with van der Waals surface area (Å²) in [6, 6.07) is 9.03. The largest absolute Gasteiger partial charge is 0.318 e. The van der Waals surface area contributed by atoms with Crippen molar-refractivity contribution >= 4 is 71.9 Å². The lowest BCUT2D eigenvalue weighted by Crippen LogP contribution is -2.26. The SMILES string of the molecule is Cc1cc(C(=O)Nc2nc3cccc(Cl)c3n2[C@@H]2CCCCNC2)cc(P(C)(C)=O)n1.Cl.Cl. The zero-order valence-corrected chi connectivity index (χ0v) is 22.1. The molecule has 2 N–H and O–H groups in total. The Bertz CT molecular complexity index is 1190. The number of hydrogen-bond donors (Lipinski definition) is 2. The minimum absolute atomic E-state index is 0. The maximum Gasteiger partial charge on any atom is 0.258 e. The van der Waals surface area contributed by atoms with Gasteiger partial charge in [-0.1, -0.05) is 24.1 Å². The van der Waals surface area contributed by atoms with E-state index in [2.05, 4.69) is 20.6 Å². The number of benzene rings is 1. The summed E-state index contributed by atoms with van der Waals surface area (Å²) in [6.07, 6.45) is 3.18. The highest BCUT2D eigenvalue weighted by molar-refractivity contribution is 7.69. The standard InChI is InChI=1S/C22H27ClN5O2P.2ClH/c1-14-11-15(12-19(25-14)31(2,3)30)21(29)27-22-26-18-9-6-8-17(23)20(18)28(22)16-7-4-5-10-24-13-16;;/h6,8-9,11-12,16,24H,4-5,7,10,13H2,1-3H3,(H,26,27,29);2*1H/t16-;;/m1../s1. The quantitative estimate of drug-likeness (QED) is 0.459. The van der Waals surface area contributed by atoms with Crippen molar-refractivity contribution in [2.75, 3.05) is 31.7 Å². The van der Waals surface area contributed by atoms with E-state index in [1.807, 2.05) is 22.8 Å². The number of carbonyl (C=O) groups excluding carboxylic acids is 1. The molecule has 0 aliphatic carbocycles. The monoisotopic (exact) mass is 531 g/mol. The fourth-order valence-corrected chi connectivity index (χ4v) is 5.11. The maximum atomic E-state index is 13.2. The van der Waals surface area contributed by atoms with Crippen LogP contribution >= 0.6 is 43.6 Å². The second kappa shape index (κ2) is 11.2. The maximum absolute atomic E-state index is 13.2. The summed E-state index contributed by atoms with van der Waals surface area (Å²) in [5.74, 6) is 0.156. The Hall–Kier alpha value is -1.63. The van der Waals surface area contributed by atoms with Gasteiger partial charge in [0.05, 0.1) is 16.1 Å². The fraction of sp³-hybridized carbons (Fsp3) is 0.409. The lowest BCUT2D eigenvalue weighted by molar-refractivity contribution is 0.102. The van der Waals surface area contributed by atoms with Gasteiger partial charge in [0.2, 0.25) is 5.95 Å². The molecular weight excluding hydrogens is 504 g/mol. The number of aryl methyl sites for hydroxylation is 1. The second-order valence-corrected chi connectivity index (χ2v) is 12.0. The van der Waals surface area contributed by atoms with Gasteiger partial charge in [0.1, 0.15) is 12.6 Å². The molecule has 0 radical (unpaired) electrons. The number of carbonyl (C=O) groups is 1. The van der Waals surface area contributed by atoms with Gasteiger partial charge < -0.3 is 14.4 Å². The highest BCUT2D eigenvalue weighted by Gasteiger charge is 2.24. The van der Waals surface area contributed by atoms with E-state index < -0.39 is 7.14 Å². The molecule has 3 heterocycles. The topological polar surface area (TPSA) is 88.9 Å². The van der Waals surface area contributed by atoms with Crippen molar-refractivity contribution < 1.29 is 9.36 Å². The zero-order valence-electron chi connectivity index (χ0n) is 18.8. The molecule has 0 spiro atoms. The number of pyridine rings is 1. The van der Waals surface area contributed by atoms with Gasteiger partial charge in [-0.15, -0.1) is 24.8 Å². The molecule has 1 aliphatic rings. The van der Waals surface area contributed by atoms with Gasteiger partial charge in [0, 0.05) is 23.8 Å². The second-order valence-electron chi connectivity index (χ2n) is 8.43. The number of anilines is 1. The molecule has 1 saturated heterocycles. The number of hydrogen-bond acceptors (Lipinski definition) is 5. The van der Waals surface area contributed by atoms with Crippen LogP contribution in [0.4, 0.5) is 5.95 Å². The van der Waals surface area contributed by atoms with Crippen LogP contribution in [0.1, 0.15) is 41.4 Å². The third kappa shape index (κ3) is 6.09. The van der Waals surface area contributed by atoms with Crippen LogP contribution in [0.25, 0.3) is 11.0 Å². The fourth-order valence-electron chi connectivity index (χ4n) is 4.00. The van der Waals surface area contributed by atoms with Crippen LogP contribution in [0, 0.1) is 6.92 Å². The lowest BCUT2D eigenvalue weighted by Gasteiger charge is -2.21. The molecule has 3 aromatic rings. The van der Waals surface area contributed by atoms with E-state index in [0.29, 0.717) is 27.7 Å². The number of halogens is 3. The summed E-state index contributed by atoms with van der Waals surface area (Å²) in [5.41, 5.74) is 3.07. The van der Waals surface area contributed by atoms with Gasteiger partial charge >= 0.3 is 0 Å². The summed E-state index contributed by atoms with van der Waals surface area (Å²) >= 11 is 6.55. The molecule has 0 saturated carbocycles. The van der Waals surface area contributed by atoms with Crippen molar-refractivity contribution in [3.05, 3.63) is 46.6 Å². The molecule has 4 rings (SSSR count). The molecule has 33 heavy (non-hydrogen) atoms. The molecule has 7 nitrogen and oxygen atoms in total. The predicted molar refractivity (Wildman–Crippen MR) is 141 cm³/mol. The van der Waals surface area contributed by atoms with Gasteiger partial charge in [0.15, 0.2) is 0 Å². The molecule has 180 valence electrons. The number of fused-ring (bicyclic) bond motifs is 1. The first-order valence-electron chi connectivity index (χ1n) is 10.5. The summed E-state index contributed by atoms with van der Waals surface area (Å²) in [4.78, 5) is 22.2. The lowest BCUT2D eigenvalue weighted by atomic mass is 10.1. The summed E-state index contributed by atoms with van der Waals surface area (Å²) in [6.45, 7) is 6.86. The van der Waals surface area contributed by atoms with Gasteiger partial charge in [-0.05, 0) is 63.9 Å². The first-order valence-corrected chi connectivity index (χ1v) is 13.4. The molecule has 1 aromatic carbocycles. The Morgan fingerprint density at radius 3 is 2.70 bits per heavy atom. The van der Waals surface area contributed by atoms with Crippen molar-refractivity contribution in [3.63, 3.8) is 0 Å². The zero-order chi connectivity index (χ0) is 22.2. The van der Waals surface area contributed by atoms with Crippen LogP contribution in [0.5, 0.6) is 0 Å². The molecule has 1 amide bonds. The summed E-state index contributed by atoms with van der Waals surface area (Å²) < 4.78 is 14.6. The van der Waals surface area contributed by atoms with Crippen LogP contribution in [0.15, 0.2) is 30.3 Å². The number of imidazole rings is 1. The van der Waals surface area contributed by atoms with E-state index in [-0.39, 0.29) is 36.8 Å². The Balaban J connectivity index is 0.00000193. The third-order valence-corrected chi connectivity index (χ3v) is 7.16. The Morgan fingerprint density at radius 1 is 1.21 bits per heavy atom. The molecule has 0 unspecified atom stereocenters. The van der Waals surface area contributed by atoms with Crippen LogP contribution in [0.2, 0.25) is 5.02 Å². The van der Waals surface area contributed by atoms with E-state index in [0.717, 1.165) is 43.4 Å². The van der Waals surface area contributed by atoms with Crippen molar-refractivity contribution in [3.8, 4) is 0 Å². The number of rotatable bonds is 4. The van der Waals surface area contributed by atoms with Crippen LogP contribution in [-0.2, 0) is 4.57 Å². The molecule has 1 fully saturated rings. The van der Waals surface area contributed by atoms with Crippen molar-refractivity contribution in [2.24, 2.45) is 0 Å². The molecular formula is C22H29Cl3N5O2P. The van der Waals surface area contributed by atoms with Crippen LogP contribution < -0.4 is 16.1 Å². The number of nitrogens with one attached hydrogen (secondary N) is 2. The Morgan fingerprint density at radius 2 is 1.97 bits per heavy atom. The summed E-state index contributed by atoms with van der Waals surface area (Å²) in [5, 5.41) is 7.05. The van der Waals surface area contributed by atoms with Gasteiger partial charge in [-0.2, -0.15) is 0 Å². The Labute approximate surface area is 211 Å². The molecule has 2 aromatic heterocycles. The highest BCUT2D eigenvalue weighted by atomic mass is 35.5. The number of nitrogens with zero attached hydrogens (tertiary/aromatic N) is 3. The molecule has 0 bridgehead atoms. The van der Waals surface area contributed by atoms with Gasteiger partial charge in [-0.3, -0.25) is 15.1 Å². The first kappa shape index (κ1) is 27.6. The normalized spacial score (nSPS) is 16.4. The minimum atomic E-state index is -2.60. The van der Waals surface area contributed by atoms with E-state index in [4.69, 9.17) is 11.6 Å². The molecule has 1 aliphatic heterocycles. The average molecular weight is 533 g/mol. The van der Waals surface area contributed by atoms with E-state index in [1.165, 1.54) is 0 Å². The van der Waals surface area contributed by atoms with E-state index in [9.17, 15) is 9.36 Å². The smallest absolute Gasteiger partial charge is 0.258 e.